The minimum Gasteiger partial charge on any atom is -0.396 e. The monoisotopic (exact) mass is 150 g/mol. The molecule has 2 nitrogen and oxygen atoms in total. The Labute approximate surface area is 59.8 Å². The van der Waals surface area contributed by atoms with E-state index in [4.69, 9.17) is 21.4 Å². The van der Waals surface area contributed by atoms with Crippen molar-refractivity contribution in [3.8, 4) is 0 Å². The second kappa shape index (κ2) is 3.40. The Morgan fingerprint density at radius 3 is 2.78 bits per heavy atom. The van der Waals surface area contributed by atoms with Crippen molar-refractivity contribution >= 4 is 11.6 Å². The molecule has 1 fully saturated rings. The van der Waals surface area contributed by atoms with E-state index >= 15 is 0 Å². The zero-order valence-corrected chi connectivity index (χ0v) is 5.97. The standard InChI is InChI=1S/C6H11ClO2/c7-6-4-9-3-5(6)1-2-8/h5-6,8H,1-4H2. The third kappa shape index (κ3) is 1.81. The van der Waals surface area contributed by atoms with Gasteiger partial charge in [-0.05, 0) is 6.42 Å². The molecule has 1 heterocycles. The topological polar surface area (TPSA) is 29.5 Å². The third-order valence-electron chi connectivity index (χ3n) is 1.62. The largest absolute Gasteiger partial charge is 0.396 e. The van der Waals surface area contributed by atoms with E-state index in [0.29, 0.717) is 19.1 Å². The van der Waals surface area contributed by atoms with Crippen LogP contribution in [-0.2, 0) is 4.74 Å². The van der Waals surface area contributed by atoms with Crippen molar-refractivity contribution in [2.45, 2.75) is 11.8 Å². The van der Waals surface area contributed by atoms with Crippen LogP contribution < -0.4 is 0 Å². The van der Waals surface area contributed by atoms with E-state index in [1.807, 2.05) is 0 Å². The molecule has 0 spiro atoms. The number of aliphatic hydroxyl groups is 1. The molecule has 1 rings (SSSR count). The molecule has 0 amide bonds. The summed E-state index contributed by atoms with van der Waals surface area (Å²) in [7, 11) is 0. The lowest BCUT2D eigenvalue weighted by molar-refractivity contribution is 0.175. The molecule has 0 saturated carbocycles. The Hall–Kier alpha value is 0.210. The van der Waals surface area contributed by atoms with Crippen LogP contribution in [0.15, 0.2) is 0 Å². The van der Waals surface area contributed by atoms with E-state index in [1.165, 1.54) is 0 Å². The molecule has 2 atom stereocenters. The number of rotatable bonds is 2. The molecular weight excluding hydrogens is 140 g/mol. The van der Waals surface area contributed by atoms with Gasteiger partial charge in [-0.3, -0.25) is 0 Å². The smallest absolute Gasteiger partial charge is 0.0633 e. The van der Waals surface area contributed by atoms with Gasteiger partial charge in [-0.25, -0.2) is 0 Å². The molecule has 54 valence electrons. The highest BCUT2D eigenvalue weighted by atomic mass is 35.5. The SMILES string of the molecule is OCCC1COCC1Cl. The summed E-state index contributed by atoms with van der Waals surface area (Å²) in [5.41, 5.74) is 0. The van der Waals surface area contributed by atoms with Crippen LogP contribution in [0.25, 0.3) is 0 Å². The van der Waals surface area contributed by atoms with Crippen LogP contribution >= 0.6 is 11.6 Å². The third-order valence-corrected chi connectivity index (χ3v) is 2.10. The molecule has 1 aliphatic rings. The summed E-state index contributed by atoms with van der Waals surface area (Å²) >= 11 is 5.82. The number of hydrogen-bond acceptors (Lipinski definition) is 2. The molecule has 0 aliphatic carbocycles. The maximum absolute atomic E-state index is 8.53. The fraction of sp³-hybridized carbons (Fsp3) is 1.00. The summed E-state index contributed by atoms with van der Waals surface area (Å²) < 4.78 is 5.08. The van der Waals surface area contributed by atoms with Crippen LogP contribution in [0.2, 0.25) is 0 Å². The highest BCUT2D eigenvalue weighted by Gasteiger charge is 2.25. The molecule has 0 aromatic rings. The van der Waals surface area contributed by atoms with Gasteiger partial charge in [0.1, 0.15) is 0 Å². The lowest BCUT2D eigenvalue weighted by atomic mass is 10.1. The summed E-state index contributed by atoms with van der Waals surface area (Å²) in [6.45, 7) is 1.58. The van der Waals surface area contributed by atoms with Gasteiger partial charge in [0.15, 0.2) is 0 Å². The van der Waals surface area contributed by atoms with Crippen molar-refractivity contribution in [3.63, 3.8) is 0 Å². The number of halogens is 1. The van der Waals surface area contributed by atoms with Gasteiger partial charge >= 0.3 is 0 Å². The molecule has 0 radical (unpaired) electrons. The van der Waals surface area contributed by atoms with Crippen molar-refractivity contribution in [3.05, 3.63) is 0 Å². The summed E-state index contributed by atoms with van der Waals surface area (Å²) in [5.74, 6) is 0.372. The van der Waals surface area contributed by atoms with Gasteiger partial charge in [-0.15, -0.1) is 11.6 Å². The second-order valence-electron chi connectivity index (χ2n) is 2.33. The Morgan fingerprint density at radius 2 is 2.33 bits per heavy atom. The summed E-state index contributed by atoms with van der Waals surface area (Å²) in [6.07, 6.45) is 0.772. The average molecular weight is 151 g/mol. The molecule has 1 aliphatic heterocycles. The maximum atomic E-state index is 8.53. The van der Waals surface area contributed by atoms with Crippen molar-refractivity contribution in [1.82, 2.24) is 0 Å². The zero-order chi connectivity index (χ0) is 6.69. The minimum absolute atomic E-state index is 0.122. The first kappa shape index (κ1) is 7.32. The van der Waals surface area contributed by atoms with Gasteiger partial charge in [0.2, 0.25) is 0 Å². The average Bonchev–Trinajstić information content (AvgIpc) is 2.18. The van der Waals surface area contributed by atoms with Gasteiger partial charge in [0.25, 0.3) is 0 Å². The second-order valence-corrected chi connectivity index (χ2v) is 2.89. The van der Waals surface area contributed by atoms with Gasteiger partial charge in [-0.1, -0.05) is 0 Å². The Morgan fingerprint density at radius 1 is 1.56 bits per heavy atom. The molecule has 1 saturated heterocycles. The molecule has 9 heavy (non-hydrogen) atoms. The van der Waals surface area contributed by atoms with E-state index in [2.05, 4.69) is 0 Å². The Bertz CT molecular complexity index is 87.1. The predicted octanol–water partition coefficient (Wildman–Crippen LogP) is 0.623. The molecular formula is C6H11ClO2. The van der Waals surface area contributed by atoms with Crippen LogP contribution in [0.3, 0.4) is 0 Å². The molecule has 0 bridgehead atoms. The first-order chi connectivity index (χ1) is 4.34. The van der Waals surface area contributed by atoms with Crippen molar-refractivity contribution in [2.75, 3.05) is 19.8 Å². The molecule has 0 aromatic heterocycles. The Balaban J connectivity index is 2.22. The van der Waals surface area contributed by atoms with Gasteiger partial charge < -0.3 is 9.84 Å². The minimum atomic E-state index is 0.122. The van der Waals surface area contributed by atoms with Crippen LogP contribution in [0.5, 0.6) is 0 Å². The van der Waals surface area contributed by atoms with Crippen molar-refractivity contribution < 1.29 is 9.84 Å². The molecule has 2 unspecified atom stereocenters. The quantitative estimate of drug-likeness (QED) is 0.585. The van der Waals surface area contributed by atoms with Gasteiger partial charge in [-0.2, -0.15) is 0 Å². The van der Waals surface area contributed by atoms with E-state index in [9.17, 15) is 0 Å². The number of ether oxygens (including phenoxy) is 1. The molecule has 0 aromatic carbocycles. The zero-order valence-electron chi connectivity index (χ0n) is 5.22. The Kier molecular flexibility index (Phi) is 2.76. The summed E-state index contributed by atoms with van der Waals surface area (Å²) in [5, 5.41) is 8.65. The van der Waals surface area contributed by atoms with Gasteiger partial charge in [0, 0.05) is 12.5 Å². The fourth-order valence-corrected chi connectivity index (χ4v) is 1.29. The summed E-state index contributed by atoms with van der Waals surface area (Å²) in [6, 6.07) is 0. The lowest BCUT2D eigenvalue weighted by Gasteiger charge is -2.07. The van der Waals surface area contributed by atoms with Crippen LogP contribution in [-0.4, -0.2) is 30.3 Å². The number of aliphatic hydroxyl groups excluding tert-OH is 1. The van der Waals surface area contributed by atoms with E-state index in [-0.39, 0.29) is 12.0 Å². The van der Waals surface area contributed by atoms with Crippen molar-refractivity contribution in [1.29, 1.82) is 0 Å². The van der Waals surface area contributed by atoms with Crippen molar-refractivity contribution in [2.24, 2.45) is 5.92 Å². The van der Waals surface area contributed by atoms with E-state index in [0.717, 1.165) is 6.42 Å². The molecule has 1 N–H and O–H groups in total. The van der Waals surface area contributed by atoms with E-state index in [1.54, 1.807) is 0 Å². The highest BCUT2D eigenvalue weighted by Crippen LogP contribution is 2.21. The number of alkyl halides is 1. The van der Waals surface area contributed by atoms with Crippen LogP contribution in [0.1, 0.15) is 6.42 Å². The van der Waals surface area contributed by atoms with Gasteiger partial charge in [0.05, 0.1) is 18.6 Å². The lowest BCUT2D eigenvalue weighted by Crippen LogP contribution is -2.12. The van der Waals surface area contributed by atoms with E-state index < -0.39 is 0 Å². The van der Waals surface area contributed by atoms with Crippen LogP contribution in [0, 0.1) is 5.92 Å². The normalized spacial score (nSPS) is 35.3. The first-order valence-corrected chi connectivity index (χ1v) is 3.61. The predicted molar refractivity (Wildman–Crippen MR) is 35.7 cm³/mol. The number of hydrogen-bond donors (Lipinski definition) is 1. The first-order valence-electron chi connectivity index (χ1n) is 3.17. The summed E-state index contributed by atoms with van der Waals surface area (Å²) in [4.78, 5) is 0. The highest BCUT2D eigenvalue weighted by molar-refractivity contribution is 6.21. The molecule has 3 heteroatoms. The van der Waals surface area contributed by atoms with Crippen LogP contribution in [0.4, 0.5) is 0 Å². The maximum Gasteiger partial charge on any atom is 0.0633 e. The fourth-order valence-electron chi connectivity index (χ4n) is 1.00.